The summed E-state index contributed by atoms with van der Waals surface area (Å²) in [5, 5.41) is 0.682. The summed E-state index contributed by atoms with van der Waals surface area (Å²) in [5.41, 5.74) is 7.14. The first kappa shape index (κ1) is 9.16. The van der Waals surface area contributed by atoms with E-state index in [4.69, 9.17) is 17.3 Å². The molecular formula is C7H7Cl2N3. The van der Waals surface area contributed by atoms with Crippen LogP contribution in [0.3, 0.4) is 0 Å². The highest BCUT2D eigenvalue weighted by molar-refractivity contribution is 6.31. The Morgan fingerprint density at radius 2 is 2.17 bits per heavy atom. The predicted octanol–water partition coefficient (Wildman–Crippen LogP) is 2.22. The molecule has 0 fully saturated rings. The van der Waals surface area contributed by atoms with Crippen molar-refractivity contribution in [3.05, 3.63) is 23.2 Å². The molecule has 0 spiro atoms. The van der Waals surface area contributed by atoms with Crippen LogP contribution < -0.4 is 5.73 Å². The number of anilines is 1. The maximum Gasteiger partial charge on any atom is 0.198 e. The number of fused-ring (bicyclic) bond motifs is 1. The van der Waals surface area contributed by atoms with Crippen LogP contribution in [0.25, 0.3) is 11.0 Å². The molecule has 0 radical (unpaired) electrons. The molecule has 0 amide bonds. The first-order chi connectivity index (χ1) is 5.25. The summed E-state index contributed by atoms with van der Waals surface area (Å²) in [6.45, 7) is 0. The number of aromatic nitrogens is 2. The summed E-state index contributed by atoms with van der Waals surface area (Å²) in [4.78, 5) is 6.90. The predicted molar refractivity (Wildman–Crippen MR) is 52.8 cm³/mol. The number of nitrogens with zero attached hydrogens (tertiary/aromatic N) is 1. The summed E-state index contributed by atoms with van der Waals surface area (Å²) in [7, 11) is 0. The van der Waals surface area contributed by atoms with E-state index >= 15 is 0 Å². The van der Waals surface area contributed by atoms with Gasteiger partial charge in [0.05, 0.1) is 11.0 Å². The molecule has 12 heavy (non-hydrogen) atoms. The normalized spacial score (nSPS) is 9.75. The molecule has 1 aromatic carbocycles. The number of halogens is 2. The zero-order valence-electron chi connectivity index (χ0n) is 6.04. The number of rotatable bonds is 0. The number of nitrogen functional groups attached to an aromatic ring is 1. The van der Waals surface area contributed by atoms with Crippen LogP contribution in [-0.2, 0) is 0 Å². The molecule has 0 saturated heterocycles. The van der Waals surface area contributed by atoms with E-state index in [-0.39, 0.29) is 12.4 Å². The van der Waals surface area contributed by atoms with Crippen molar-refractivity contribution in [2.45, 2.75) is 0 Å². The molecule has 0 unspecified atom stereocenters. The first-order valence-electron chi connectivity index (χ1n) is 3.16. The Balaban J connectivity index is 0.000000720. The van der Waals surface area contributed by atoms with E-state index in [9.17, 15) is 0 Å². The van der Waals surface area contributed by atoms with Gasteiger partial charge in [0.25, 0.3) is 0 Å². The number of benzene rings is 1. The van der Waals surface area contributed by atoms with Gasteiger partial charge in [-0.3, -0.25) is 0 Å². The molecular weight excluding hydrogens is 197 g/mol. The van der Waals surface area contributed by atoms with E-state index in [1.807, 2.05) is 6.07 Å². The summed E-state index contributed by atoms with van der Waals surface area (Å²) < 4.78 is 0. The van der Waals surface area contributed by atoms with Gasteiger partial charge in [0.1, 0.15) is 0 Å². The maximum absolute atomic E-state index is 5.74. The molecule has 5 heteroatoms. The molecule has 0 atom stereocenters. The maximum atomic E-state index is 5.74. The fourth-order valence-corrected chi connectivity index (χ4v) is 1.17. The lowest BCUT2D eigenvalue weighted by Gasteiger charge is -1.87. The molecule has 0 aliphatic carbocycles. The van der Waals surface area contributed by atoms with Crippen molar-refractivity contribution < 1.29 is 0 Å². The summed E-state index contributed by atoms with van der Waals surface area (Å²) in [5.74, 6) is 0.419. The van der Waals surface area contributed by atoms with Crippen molar-refractivity contribution in [3.63, 3.8) is 0 Å². The highest BCUT2D eigenvalue weighted by atomic mass is 35.5. The standard InChI is InChI=1S/C7H6ClN3.ClH/c8-4-1-2-5-6(3-4)11-7(9)10-5;/h1-3H,(H3,9,10,11);1H. The average Bonchev–Trinajstić information content (AvgIpc) is 2.27. The molecule has 3 nitrogen and oxygen atoms in total. The van der Waals surface area contributed by atoms with Crippen LogP contribution in [-0.4, -0.2) is 9.97 Å². The molecule has 1 heterocycles. The monoisotopic (exact) mass is 203 g/mol. The number of imidazole rings is 1. The fourth-order valence-electron chi connectivity index (χ4n) is 1.00. The van der Waals surface area contributed by atoms with Crippen LogP contribution in [0.1, 0.15) is 0 Å². The number of aromatic amines is 1. The molecule has 0 aliphatic heterocycles. The van der Waals surface area contributed by atoms with Crippen LogP contribution in [0, 0.1) is 0 Å². The third-order valence-corrected chi connectivity index (χ3v) is 1.70. The van der Waals surface area contributed by atoms with Crippen molar-refractivity contribution >= 4 is 41.0 Å². The average molecular weight is 204 g/mol. The Labute approximate surface area is 80.3 Å². The van der Waals surface area contributed by atoms with Gasteiger partial charge in [-0.25, -0.2) is 4.98 Å². The van der Waals surface area contributed by atoms with Gasteiger partial charge in [-0.1, -0.05) is 11.6 Å². The number of H-pyrrole nitrogens is 1. The lowest BCUT2D eigenvalue weighted by molar-refractivity contribution is 1.35. The summed E-state index contributed by atoms with van der Waals surface area (Å²) >= 11 is 5.74. The van der Waals surface area contributed by atoms with E-state index in [0.29, 0.717) is 11.0 Å². The molecule has 1 aromatic heterocycles. The number of nitrogens with two attached hydrogens (primary N) is 1. The van der Waals surface area contributed by atoms with Gasteiger partial charge in [-0.2, -0.15) is 0 Å². The Bertz CT molecular complexity index is 396. The zero-order valence-corrected chi connectivity index (χ0v) is 7.62. The second-order valence-corrected chi connectivity index (χ2v) is 2.72. The van der Waals surface area contributed by atoms with Crippen molar-refractivity contribution in [3.8, 4) is 0 Å². The molecule has 64 valence electrons. The Morgan fingerprint density at radius 3 is 2.92 bits per heavy atom. The third-order valence-electron chi connectivity index (χ3n) is 1.46. The van der Waals surface area contributed by atoms with Crippen molar-refractivity contribution in [1.29, 1.82) is 0 Å². The molecule has 0 aliphatic rings. The number of hydrogen-bond donors (Lipinski definition) is 2. The zero-order chi connectivity index (χ0) is 7.84. The van der Waals surface area contributed by atoms with Gasteiger partial charge in [0.15, 0.2) is 5.95 Å². The van der Waals surface area contributed by atoms with Gasteiger partial charge in [0.2, 0.25) is 0 Å². The first-order valence-corrected chi connectivity index (χ1v) is 3.54. The van der Waals surface area contributed by atoms with E-state index in [1.165, 1.54) is 0 Å². The van der Waals surface area contributed by atoms with Gasteiger partial charge in [-0.15, -0.1) is 12.4 Å². The highest BCUT2D eigenvalue weighted by Gasteiger charge is 1.98. The minimum Gasteiger partial charge on any atom is -0.369 e. The number of hydrogen-bond acceptors (Lipinski definition) is 2. The highest BCUT2D eigenvalue weighted by Crippen LogP contribution is 2.17. The van der Waals surface area contributed by atoms with Crippen LogP contribution in [0.5, 0.6) is 0 Å². The minimum atomic E-state index is 0. The van der Waals surface area contributed by atoms with Crippen molar-refractivity contribution in [2.75, 3.05) is 5.73 Å². The molecule has 0 saturated carbocycles. The largest absolute Gasteiger partial charge is 0.369 e. The Hall–Kier alpha value is -0.930. The van der Waals surface area contributed by atoms with Gasteiger partial charge >= 0.3 is 0 Å². The Kier molecular flexibility index (Phi) is 2.45. The minimum absolute atomic E-state index is 0. The lowest BCUT2D eigenvalue weighted by atomic mass is 10.3. The molecule has 2 aromatic rings. The van der Waals surface area contributed by atoms with Gasteiger partial charge < -0.3 is 10.7 Å². The number of nitrogens with one attached hydrogen (secondary N) is 1. The van der Waals surface area contributed by atoms with Crippen molar-refractivity contribution in [2.24, 2.45) is 0 Å². The second kappa shape index (κ2) is 3.21. The van der Waals surface area contributed by atoms with Gasteiger partial charge in [0, 0.05) is 5.02 Å². The van der Waals surface area contributed by atoms with E-state index < -0.39 is 0 Å². The van der Waals surface area contributed by atoms with E-state index in [1.54, 1.807) is 12.1 Å². The topological polar surface area (TPSA) is 54.7 Å². The summed E-state index contributed by atoms with van der Waals surface area (Å²) in [6.07, 6.45) is 0. The van der Waals surface area contributed by atoms with Crippen LogP contribution in [0.2, 0.25) is 5.02 Å². The van der Waals surface area contributed by atoms with Crippen LogP contribution in [0.15, 0.2) is 18.2 Å². The lowest BCUT2D eigenvalue weighted by Crippen LogP contribution is -1.84. The Morgan fingerprint density at radius 1 is 1.42 bits per heavy atom. The molecule has 0 bridgehead atoms. The van der Waals surface area contributed by atoms with E-state index in [0.717, 1.165) is 11.0 Å². The SMILES string of the molecule is Cl.Nc1nc2ccc(Cl)cc2[nH]1. The second-order valence-electron chi connectivity index (χ2n) is 2.28. The van der Waals surface area contributed by atoms with Crippen LogP contribution >= 0.6 is 24.0 Å². The quantitative estimate of drug-likeness (QED) is 0.691. The van der Waals surface area contributed by atoms with Crippen molar-refractivity contribution in [1.82, 2.24) is 9.97 Å². The van der Waals surface area contributed by atoms with E-state index in [2.05, 4.69) is 9.97 Å². The smallest absolute Gasteiger partial charge is 0.198 e. The summed E-state index contributed by atoms with van der Waals surface area (Å²) in [6, 6.07) is 5.40. The fraction of sp³-hybridized carbons (Fsp3) is 0. The molecule has 3 N–H and O–H groups in total. The molecule has 2 rings (SSSR count). The van der Waals surface area contributed by atoms with Gasteiger partial charge in [-0.05, 0) is 18.2 Å². The van der Waals surface area contributed by atoms with Crippen LogP contribution in [0.4, 0.5) is 5.95 Å². The third kappa shape index (κ3) is 1.47.